The lowest BCUT2D eigenvalue weighted by Crippen LogP contribution is -2.27. The summed E-state index contributed by atoms with van der Waals surface area (Å²) in [6.07, 6.45) is 1.41. The van der Waals surface area contributed by atoms with Crippen LogP contribution in [0.1, 0.15) is 29.2 Å². The maximum atomic E-state index is 13.6. The van der Waals surface area contributed by atoms with Crippen molar-refractivity contribution in [1.29, 1.82) is 0 Å². The summed E-state index contributed by atoms with van der Waals surface area (Å²) >= 11 is 0. The van der Waals surface area contributed by atoms with Gasteiger partial charge in [0.2, 0.25) is 10.0 Å². The molecule has 3 aromatic carbocycles. The van der Waals surface area contributed by atoms with Crippen molar-refractivity contribution in [3.05, 3.63) is 89.5 Å². The van der Waals surface area contributed by atoms with E-state index in [4.69, 9.17) is 4.74 Å². The number of aryl methyl sites for hydroxylation is 1. The van der Waals surface area contributed by atoms with Crippen LogP contribution in [0.2, 0.25) is 0 Å². The molecule has 0 unspecified atom stereocenters. The maximum Gasteiger partial charge on any atom is 0.279 e. The van der Waals surface area contributed by atoms with Crippen LogP contribution in [0.15, 0.2) is 82.8 Å². The van der Waals surface area contributed by atoms with Crippen molar-refractivity contribution >= 4 is 31.4 Å². The van der Waals surface area contributed by atoms with Gasteiger partial charge in [-0.3, -0.25) is 4.72 Å². The molecule has 10 heteroatoms. The Balaban J connectivity index is 1.79. The molecule has 0 amide bonds. The standard InChI is InChI=1S/C24H25N3O5S2/c1-17-7-4-5-10-22(17)24-16-23(18-8-6-9-19(15-18)26-33(3,28)29)25-27(24)34(30,31)21-13-11-20(32-2)12-14-21/h4-15,24,26H,16H2,1-3H3/t24-/m0/s1. The Kier molecular flexibility index (Phi) is 6.37. The van der Waals surface area contributed by atoms with Crippen molar-refractivity contribution in [3.63, 3.8) is 0 Å². The zero-order valence-corrected chi connectivity index (χ0v) is 20.6. The predicted octanol–water partition coefficient (Wildman–Crippen LogP) is 3.92. The molecular formula is C24H25N3O5S2. The van der Waals surface area contributed by atoms with E-state index in [0.717, 1.165) is 21.8 Å². The van der Waals surface area contributed by atoms with E-state index in [2.05, 4.69) is 9.82 Å². The second kappa shape index (κ2) is 9.11. The van der Waals surface area contributed by atoms with Gasteiger partial charge in [0.15, 0.2) is 0 Å². The molecule has 1 aliphatic rings. The fraction of sp³-hybridized carbons (Fsp3) is 0.208. The average Bonchev–Trinajstić information content (AvgIpc) is 3.25. The summed E-state index contributed by atoms with van der Waals surface area (Å²) in [6.45, 7) is 1.93. The van der Waals surface area contributed by atoms with E-state index in [1.807, 2.05) is 31.2 Å². The summed E-state index contributed by atoms with van der Waals surface area (Å²) in [5.74, 6) is 0.551. The van der Waals surface area contributed by atoms with Gasteiger partial charge < -0.3 is 4.74 Å². The summed E-state index contributed by atoms with van der Waals surface area (Å²) < 4.78 is 59.4. The van der Waals surface area contributed by atoms with Crippen molar-refractivity contribution in [2.45, 2.75) is 24.3 Å². The van der Waals surface area contributed by atoms with E-state index in [1.54, 1.807) is 36.4 Å². The second-order valence-corrected chi connectivity index (χ2v) is 11.6. The van der Waals surface area contributed by atoms with Gasteiger partial charge in [0.05, 0.1) is 30.0 Å². The minimum Gasteiger partial charge on any atom is -0.497 e. The smallest absolute Gasteiger partial charge is 0.279 e. The summed E-state index contributed by atoms with van der Waals surface area (Å²) in [5.41, 5.74) is 3.36. The third-order valence-corrected chi connectivity index (χ3v) is 7.83. The SMILES string of the molecule is COc1ccc(S(=O)(=O)N2N=C(c3cccc(NS(C)(=O)=O)c3)C[C@H]2c2ccccc2C)cc1. The number of anilines is 1. The number of ether oxygens (including phenoxy) is 1. The third-order valence-electron chi connectivity index (χ3n) is 5.52. The van der Waals surface area contributed by atoms with E-state index >= 15 is 0 Å². The molecule has 1 heterocycles. The van der Waals surface area contributed by atoms with Gasteiger partial charge in [-0.15, -0.1) is 0 Å². The molecule has 0 aliphatic carbocycles. The van der Waals surface area contributed by atoms with Crippen molar-refractivity contribution in [3.8, 4) is 5.75 Å². The Morgan fingerprint density at radius 2 is 1.68 bits per heavy atom. The Hall–Kier alpha value is -3.37. The van der Waals surface area contributed by atoms with Crippen LogP contribution < -0.4 is 9.46 Å². The number of rotatable bonds is 7. The van der Waals surface area contributed by atoms with Crippen molar-refractivity contribution in [1.82, 2.24) is 4.41 Å². The molecule has 1 atom stereocenters. The number of sulfonamides is 2. The third kappa shape index (κ3) is 4.92. The highest BCUT2D eigenvalue weighted by Crippen LogP contribution is 2.38. The van der Waals surface area contributed by atoms with Crippen LogP contribution in [0.3, 0.4) is 0 Å². The fourth-order valence-corrected chi connectivity index (χ4v) is 5.89. The molecule has 8 nitrogen and oxygen atoms in total. The molecule has 0 radical (unpaired) electrons. The van der Waals surface area contributed by atoms with Gasteiger partial charge in [-0.1, -0.05) is 36.4 Å². The topological polar surface area (TPSA) is 105 Å². The largest absolute Gasteiger partial charge is 0.497 e. The number of hydrazone groups is 1. The quantitative estimate of drug-likeness (QED) is 0.531. The molecule has 0 aromatic heterocycles. The maximum absolute atomic E-state index is 13.6. The molecule has 1 aliphatic heterocycles. The van der Waals surface area contributed by atoms with Crippen LogP contribution >= 0.6 is 0 Å². The van der Waals surface area contributed by atoms with Crippen LogP contribution in [0.25, 0.3) is 0 Å². The monoisotopic (exact) mass is 499 g/mol. The molecule has 34 heavy (non-hydrogen) atoms. The van der Waals surface area contributed by atoms with E-state index in [0.29, 0.717) is 29.1 Å². The molecule has 0 fully saturated rings. The fourth-order valence-electron chi connectivity index (χ4n) is 3.91. The second-order valence-electron chi connectivity index (χ2n) is 8.03. The molecule has 178 valence electrons. The summed E-state index contributed by atoms with van der Waals surface area (Å²) in [5, 5.41) is 4.54. The lowest BCUT2D eigenvalue weighted by Gasteiger charge is -2.24. The molecule has 0 spiro atoms. The Morgan fingerprint density at radius 3 is 2.32 bits per heavy atom. The van der Waals surface area contributed by atoms with Gasteiger partial charge in [0.25, 0.3) is 10.0 Å². The molecule has 0 saturated heterocycles. The highest BCUT2D eigenvalue weighted by molar-refractivity contribution is 7.92. The van der Waals surface area contributed by atoms with Gasteiger partial charge in [-0.25, -0.2) is 8.42 Å². The lowest BCUT2D eigenvalue weighted by molar-refractivity contribution is 0.370. The number of nitrogens with one attached hydrogen (secondary N) is 1. The Labute approximate surface area is 200 Å². The number of methoxy groups -OCH3 is 1. The van der Waals surface area contributed by atoms with Crippen LogP contribution in [-0.4, -0.2) is 40.3 Å². The van der Waals surface area contributed by atoms with E-state index in [1.165, 1.54) is 19.2 Å². The Bertz CT molecular complexity index is 1450. The number of hydrogen-bond acceptors (Lipinski definition) is 6. The van der Waals surface area contributed by atoms with E-state index < -0.39 is 26.1 Å². The predicted molar refractivity (Wildman–Crippen MR) is 132 cm³/mol. The van der Waals surface area contributed by atoms with Crippen LogP contribution in [-0.2, 0) is 20.0 Å². The summed E-state index contributed by atoms with van der Waals surface area (Å²) in [6, 6.07) is 20.0. The summed E-state index contributed by atoms with van der Waals surface area (Å²) in [7, 11) is -5.92. The minimum atomic E-state index is -3.98. The van der Waals surface area contributed by atoms with Crippen LogP contribution in [0.4, 0.5) is 5.69 Å². The minimum absolute atomic E-state index is 0.101. The molecule has 3 aromatic rings. The van der Waals surface area contributed by atoms with E-state index in [-0.39, 0.29) is 4.90 Å². The zero-order chi connectivity index (χ0) is 24.5. The van der Waals surface area contributed by atoms with Crippen LogP contribution in [0, 0.1) is 6.92 Å². The molecular weight excluding hydrogens is 474 g/mol. The highest BCUT2D eigenvalue weighted by Gasteiger charge is 2.38. The normalized spacial score (nSPS) is 16.3. The average molecular weight is 500 g/mol. The van der Waals surface area contributed by atoms with Gasteiger partial charge in [-0.2, -0.15) is 17.9 Å². The van der Waals surface area contributed by atoms with Gasteiger partial charge in [0, 0.05) is 12.1 Å². The van der Waals surface area contributed by atoms with Crippen LogP contribution in [0.5, 0.6) is 5.75 Å². The van der Waals surface area contributed by atoms with Gasteiger partial charge in [0.1, 0.15) is 5.75 Å². The Morgan fingerprint density at radius 1 is 0.971 bits per heavy atom. The number of benzene rings is 3. The first-order valence-corrected chi connectivity index (χ1v) is 13.8. The number of nitrogens with zero attached hydrogens (tertiary/aromatic N) is 2. The lowest BCUT2D eigenvalue weighted by atomic mass is 9.96. The first-order chi connectivity index (χ1) is 16.1. The van der Waals surface area contributed by atoms with Gasteiger partial charge in [-0.05, 0) is 60.0 Å². The first-order valence-electron chi connectivity index (χ1n) is 10.5. The molecule has 0 bridgehead atoms. The van der Waals surface area contributed by atoms with Crippen molar-refractivity contribution < 1.29 is 21.6 Å². The van der Waals surface area contributed by atoms with E-state index in [9.17, 15) is 16.8 Å². The first kappa shape index (κ1) is 23.8. The zero-order valence-electron chi connectivity index (χ0n) is 19.0. The molecule has 1 N–H and O–H groups in total. The van der Waals surface area contributed by atoms with Crippen molar-refractivity contribution in [2.75, 3.05) is 18.1 Å². The van der Waals surface area contributed by atoms with Gasteiger partial charge >= 0.3 is 0 Å². The molecule has 0 saturated carbocycles. The summed E-state index contributed by atoms with van der Waals surface area (Å²) in [4.78, 5) is 0.101. The highest BCUT2D eigenvalue weighted by atomic mass is 32.2. The molecule has 4 rings (SSSR count). The number of hydrogen-bond donors (Lipinski definition) is 1. The van der Waals surface area contributed by atoms with Crippen molar-refractivity contribution in [2.24, 2.45) is 5.10 Å².